The van der Waals surface area contributed by atoms with Crippen molar-refractivity contribution in [1.29, 1.82) is 0 Å². The van der Waals surface area contributed by atoms with Crippen molar-refractivity contribution in [3.05, 3.63) is 0 Å². The molecular weight excluding hydrogens is 302 g/mol. The number of unbranched alkanes of at least 4 members (excludes halogenated alkanes) is 11. The molecule has 116 valence electrons. The predicted octanol–water partition coefficient (Wildman–Crippen LogP) is 7.29. The van der Waals surface area contributed by atoms with E-state index >= 15 is 0 Å². The Bertz CT molecular complexity index is 231. The van der Waals surface area contributed by atoms with Gasteiger partial charge in [0.2, 0.25) is 0 Å². The van der Waals surface area contributed by atoms with Crippen molar-refractivity contribution in [2.45, 2.75) is 84.0 Å². The van der Waals surface area contributed by atoms with Gasteiger partial charge in [0.05, 0.1) is 6.61 Å². The molecule has 0 radical (unpaired) electrons. The predicted molar refractivity (Wildman–Crippen MR) is 86.3 cm³/mol. The molecule has 0 saturated heterocycles. The maximum absolute atomic E-state index is 10.8. The molecule has 0 saturated carbocycles. The monoisotopic (exact) mass is 330 g/mol. The fourth-order valence-corrected chi connectivity index (χ4v) is 2.87. The fourth-order valence-electron chi connectivity index (χ4n) is 2.11. The minimum Gasteiger partial charge on any atom is -0.306 e. The summed E-state index contributed by atoms with van der Waals surface area (Å²) in [6.45, 7) is 2.66. The zero-order chi connectivity index (χ0) is 14.4. The summed E-state index contributed by atoms with van der Waals surface area (Å²) < 4.78 is 15.6. The van der Waals surface area contributed by atoms with Crippen LogP contribution in [0.15, 0.2) is 0 Å². The summed E-state index contributed by atoms with van der Waals surface area (Å²) in [7, 11) is 0. The first kappa shape index (κ1) is 19.8. The third-order valence-electron chi connectivity index (χ3n) is 3.24. The van der Waals surface area contributed by atoms with E-state index in [9.17, 15) is 4.57 Å². The van der Waals surface area contributed by atoms with E-state index in [1.165, 1.54) is 64.2 Å². The zero-order valence-corrected chi connectivity index (χ0v) is 14.6. The van der Waals surface area contributed by atoms with Gasteiger partial charge in [-0.2, -0.15) is 0 Å². The summed E-state index contributed by atoms with van der Waals surface area (Å²) >= 11 is 10.5. The van der Waals surface area contributed by atoms with Crippen molar-refractivity contribution in [2.75, 3.05) is 6.61 Å². The Balaban J connectivity index is 3.01. The van der Waals surface area contributed by atoms with Gasteiger partial charge in [0.25, 0.3) is 0 Å². The van der Waals surface area contributed by atoms with Gasteiger partial charge >= 0.3 is 6.07 Å². The summed E-state index contributed by atoms with van der Waals surface area (Å²) in [4.78, 5) is 0. The van der Waals surface area contributed by atoms with Crippen molar-refractivity contribution in [2.24, 2.45) is 0 Å². The molecule has 0 aliphatic heterocycles. The van der Waals surface area contributed by atoms with Crippen LogP contribution in [0, 0.1) is 0 Å². The molecule has 0 heterocycles. The van der Waals surface area contributed by atoms with Gasteiger partial charge < -0.3 is 4.52 Å². The molecule has 0 aromatic rings. The smallest absolute Gasteiger partial charge is 0.306 e. The van der Waals surface area contributed by atoms with Gasteiger partial charge in [-0.1, -0.05) is 77.6 Å². The van der Waals surface area contributed by atoms with Crippen molar-refractivity contribution < 1.29 is 9.09 Å². The van der Waals surface area contributed by atoms with Crippen LogP contribution in [0.2, 0.25) is 0 Å². The van der Waals surface area contributed by atoms with Crippen LogP contribution in [0.5, 0.6) is 0 Å². The minimum absolute atomic E-state index is 0.404. The van der Waals surface area contributed by atoms with Crippen LogP contribution in [0.3, 0.4) is 0 Å². The molecule has 2 nitrogen and oxygen atoms in total. The molecule has 0 aromatic heterocycles. The van der Waals surface area contributed by atoms with E-state index in [-0.39, 0.29) is 0 Å². The lowest BCUT2D eigenvalue weighted by molar-refractivity contribution is 0.320. The Morgan fingerprint density at radius 3 is 1.47 bits per heavy atom. The summed E-state index contributed by atoms with van der Waals surface area (Å²) in [5.74, 6) is 0. The normalized spacial score (nSPS) is 11.9. The van der Waals surface area contributed by atoms with Gasteiger partial charge in [0, 0.05) is 0 Å². The van der Waals surface area contributed by atoms with Gasteiger partial charge in [-0.15, -0.1) is 0 Å². The van der Waals surface area contributed by atoms with Gasteiger partial charge in [-0.25, -0.2) is 0 Å². The van der Waals surface area contributed by atoms with E-state index in [4.69, 9.17) is 27.0 Å². The van der Waals surface area contributed by atoms with Gasteiger partial charge in [-0.3, -0.25) is 4.57 Å². The van der Waals surface area contributed by atoms with Crippen LogP contribution < -0.4 is 0 Å². The molecule has 5 heteroatoms. The second kappa shape index (κ2) is 13.7. The van der Waals surface area contributed by atoms with Gasteiger partial charge in [-0.05, 0) is 28.9 Å². The SMILES string of the molecule is CCCCCCCCCCCCCCOP(=O)(Cl)Cl. The van der Waals surface area contributed by atoms with Crippen LogP contribution in [0.4, 0.5) is 0 Å². The third-order valence-corrected chi connectivity index (χ3v) is 4.31. The van der Waals surface area contributed by atoms with E-state index in [1.807, 2.05) is 0 Å². The number of rotatable bonds is 14. The van der Waals surface area contributed by atoms with E-state index in [1.54, 1.807) is 0 Å². The highest BCUT2D eigenvalue weighted by Gasteiger charge is 2.12. The van der Waals surface area contributed by atoms with E-state index in [0.717, 1.165) is 12.8 Å². The van der Waals surface area contributed by atoms with Crippen LogP contribution in [0.25, 0.3) is 0 Å². The first-order valence-electron chi connectivity index (χ1n) is 7.70. The summed E-state index contributed by atoms with van der Waals surface area (Å²) in [6.07, 6.45) is 12.2. The minimum atomic E-state index is -3.30. The van der Waals surface area contributed by atoms with Crippen molar-refractivity contribution in [3.8, 4) is 0 Å². The maximum Gasteiger partial charge on any atom is 0.380 e. The molecule has 0 aliphatic carbocycles. The third kappa shape index (κ3) is 18.8. The Labute approximate surface area is 128 Å². The standard InChI is InChI=1S/C14H29Cl2O2P/c1-2-3-4-5-6-7-8-9-10-11-12-13-14-18-19(15,16)17/h2-14H2,1H3. The lowest BCUT2D eigenvalue weighted by atomic mass is 10.1. The molecule has 0 fully saturated rings. The second-order valence-electron chi connectivity index (χ2n) is 5.14. The number of halogens is 2. The Morgan fingerprint density at radius 1 is 0.737 bits per heavy atom. The van der Waals surface area contributed by atoms with Crippen LogP contribution in [-0.4, -0.2) is 6.61 Å². The van der Waals surface area contributed by atoms with Crippen molar-refractivity contribution >= 4 is 28.6 Å². The van der Waals surface area contributed by atoms with Crippen LogP contribution in [-0.2, 0) is 9.09 Å². The first-order chi connectivity index (χ1) is 9.06. The van der Waals surface area contributed by atoms with E-state index in [0.29, 0.717) is 6.61 Å². The summed E-state index contributed by atoms with van der Waals surface area (Å²) in [5, 5.41) is 0. The maximum atomic E-state index is 10.8. The lowest BCUT2D eigenvalue weighted by Crippen LogP contribution is -1.88. The summed E-state index contributed by atoms with van der Waals surface area (Å²) in [5.41, 5.74) is 0. The molecule has 0 spiro atoms. The molecule has 0 amide bonds. The largest absolute Gasteiger partial charge is 0.380 e. The number of hydrogen-bond acceptors (Lipinski definition) is 2. The molecule has 0 atom stereocenters. The lowest BCUT2D eigenvalue weighted by Gasteiger charge is -2.04. The highest BCUT2D eigenvalue weighted by molar-refractivity contribution is 8.05. The van der Waals surface area contributed by atoms with Crippen molar-refractivity contribution in [1.82, 2.24) is 0 Å². The molecule has 0 aliphatic rings. The highest BCUT2D eigenvalue weighted by Crippen LogP contribution is 2.57. The average molecular weight is 331 g/mol. The van der Waals surface area contributed by atoms with Crippen LogP contribution in [0.1, 0.15) is 84.0 Å². The molecule has 0 rings (SSSR count). The Hall–Kier alpha value is 0.770. The second-order valence-corrected chi connectivity index (χ2v) is 9.41. The number of hydrogen-bond donors (Lipinski definition) is 0. The highest BCUT2D eigenvalue weighted by atomic mass is 35.9. The Kier molecular flexibility index (Phi) is 14.3. The average Bonchev–Trinajstić information content (AvgIpc) is 2.34. The van der Waals surface area contributed by atoms with Crippen LogP contribution >= 0.6 is 28.6 Å². The van der Waals surface area contributed by atoms with Crippen molar-refractivity contribution in [3.63, 3.8) is 0 Å². The molecular formula is C14H29Cl2O2P. The topological polar surface area (TPSA) is 26.3 Å². The first-order valence-corrected chi connectivity index (χ1v) is 11.1. The zero-order valence-electron chi connectivity index (χ0n) is 12.2. The van der Waals surface area contributed by atoms with Gasteiger partial charge in [0.1, 0.15) is 0 Å². The van der Waals surface area contributed by atoms with Gasteiger partial charge in [0.15, 0.2) is 0 Å². The van der Waals surface area contributed by atoms with E-state index in [2.05, 4.69) is 6.92 Å². The van der Waals surface area contributed by atoms with E-state index < -0.39 is 6.07 Å². The quantitative estimate of drug-likeness (QED) is 0.247. The summed E-state index contributed by atoms with van der Waals surface area (Å²) in [6, 6.07) is 0. The molecule has 19 heavy (non-hydrogen) atoms. The molecule has 0 N–H and O–H groups in total. The molecule has 0 aromatic carbocycles. The molecule has 0 unspecified atom stereocenters. The Morgan fingerprint density at radius 2 is 1.11 bits per heavy atom. The molecule has 0 bridgehead atoms. The fraction of sp³-hybridized carbons (Fsp3) is 1.00.